The molecule has 0 saturated heterocycles. The van der Waals surface area contributed by atoms with Gasteiger partial charge >= 0.3 is 0 Å². The predicted molar refractivity (Wildman–Crippen MR) is 393 cm³/mol. The van der Waals surface area contributed by atoms with Gasteiger partial charge in [0.25, 0.3) is 23.6 Å². The summed E-state index contributed by atoms with van der Waals surface area (Å²) in [6, 6.07) is 12.1. The monoisotopic (exact) mass is 1320 g/mol. The maximum absolute atomic E-state index is 14.9. The fourth-order valence-electron chi connectivity index (χ4n) is 12.1. The third-order valence-electron chi connectivity index (χ3n) is 18.1. The minimum atomic E-state index is -0.147. The summed E-state index contributed by atoms with van der Waals surface area (Å²) in [7, 11) is 0. The van der Waals surface area contributed by atoms with E-state index in [2.05, 4.69) is 65.4 Å². The van der Waals surface area contributed by atoms with Crippen LogP contribution in [0.4, 0.5) is 34.4 Å². The van der Waals surface area contributed by atoms with E-state index >= 15 is 0 Å². The van der Waals surface area contributed by atoms with Crippen LogP contribution in [0.2, 0.25) is 0 Å². The quantitative estimate of drug-likeness (QED) is 0.0275. The second kappa shape index (κ2) is 45.2. The molecule has 530 valence electrons. The van der Waals surface area contributed by atoms with Gasteiger partial charge in [-0.05, 0) is 102 Å². The Hall–Kier alpha value is -7.38. The minimum absolute atomic E-state index is 0.0913. The minimum Gasteiger partial charge on any atom is -0.382 e. The van der Waals surface area contributed by atoms with E-state index in [0.717, 1.165) is 205 Å². The van der Waals surface area contributed by atoms with Crippen molar-refractivity contribution in [1.82, 2.24) is 49.1 Å². The summed E-state index contributed by atoms with van der Waals surface area (Å²) in [5, 5.41) is 28.6. The topological polar surface area (TPSA) is 244 Å². The highest BCUT2D eigenvalue weighted by molar-refractivity contribution is 6.03. The fourth-order valence-corrected chi connectivity index (χ4v) is 12.1. The molecule has 5 rings (SSSR count). The molecular formula is C76H122N16O4. The Morgan fingerprint density at radius 1 is 0.354 bits per heavy atom. The molecule has 5 aromatic rings. The number of nitrogens with two attached hydrogens (primary N) is 2. The number of rotatable bonds is 50. The molecule has 0 spiro atoms. The van der Waals surface area contributed by atoms with E-state index < -0.39 is 0 Å². The molecule has 3 heterocycles. The normalized spacial score (nSPS) is 11.6. The molecule has 0 unspecified atom stereocenters. The standard InChI is InChI=1S/C76H122N16O4/c1-11-19-27-35-47-87(48-36-28-20-12-2)73(93)61-43-45-63(75(95)89(51-39-31-23-15-5)52-40-32-24-16-6)65(55-61)81-83-69-59(9)85-91(71(69)77)67-57-68(80-58-79-67)92-72(78)70(60(10)86-92)84-82-66-56-62(74(94)88(49-37-29-21-13-3)50-38-30-22-14-4)44-46-64(66)76(96)90(53-41-33-25-17-7)54-42-34-26-18-8/h43-46,55-58H,11-42,47-54,77-78H2,1-10H3/b83-81+,84-82+. The number of amides is 4. The molecule has 0 aliphatic carbocycles. The molecule has 20 nitrogen and oxygen atoms in total. The molecule has 4 N–H and O–H groups in total. The third-order valence-corrected chi connectivity index (χ3v) is 18.1. The molecule has 0 radical (unpaired) electrons. The van der Waals surface area contributed by atoms with Gasteiger partial charge in [-0.2, -0.15) is 19.6 Å². The molecule has 0 atom stereocenters. The van der Waals surface area contributed by atoms with E-state index in [1.165, 1.54) is 15.7 Å². The number of hydrogen-bond acceptors (Lipinski definition) is 14. The van der Waals surface area contributed by atoms with E-state index in [4.69, 9.17) is 42.1 Å². The average Bonchev–Trinajstić information content (AvgIpc) is 1.64. The van der Waals surface area contributed by atoms with Gasteiger partial charge in [-0.3, -0.25) is 19.2 Å². The first-order chi connectivity index (χ1) is 46.7. The van der Waals surface area contributed by atoms with Crippen LogP contribution >= 0.6 is 0 Å². The number of hydrogen-bond donors (Lipinski definition) is 2. The second-order valence-electron chi connectivity index (χ2n) is 26.2. The predicted octanol–water partition coefficient (Wildman–Crippen LogP) is 19.9. The van der Waals surface area contributed by atoms with Crippen LogP contribution in [-0.2, 0) is 0 Å². The maximum atomic E-state index is 14.9. The van der Waals surface area contributed by atoms with Crippen molar-refractivity contribution in [3.63, 3.8) is 0 Å². The summed E-state index contributed by atoms with van der Waals surface area (Å²) in [4.78, 5) is 75.8. The lowest BCUT2D eigenvalue weighted by atomic mass is 10.1. The summed E-state index contributed by atoms with van der Waals surface area (Å²) < 4.78 is 2.89. The van der Waals surface area contributed by atoms with Gasteiger partial charge in [0, 0.05) is 69.6 Å². The largest absolute Gasteiger partial charge is 0.382 e. The fraction of sp³-hybridized carbons (Fsp3) is 0.658. The van der Waals surface area contributed by atoms with Crippen LogP contribution in [0.15, 0.2) is 69.2 Å². The zero-order chi connectivity index (χ0) is 69.5. The number of nitrogens with zero attached hydrogens (tertiary/aromatic N) is 14. The van der Waals surface area contributed by atoms with Crippen LogP contribution in [0.25, 0.3) is 11.6 Å². The van der Waals surface area contributed by atoms with Gasteiger partial charge in [-0.1, -0.05) is 209 Å². The summed E-state index contributed by atoms with van der Waals surface area (Å²) in [6.07, 6.45) is 34.5. The average molecular weight is 1320 g/mol. The Morgan fingerprint density at radius 2 is 0.615 bits per heavy atom. The van der Waals surface area contributed by atoms with Crippen molar-refractivity contribution < 1.29 is 19.2 Å². The van der Waals surface area contributed by atoms with E-state index in [9.17, 15) is 19.2 Å². The molecule has 0 aliphatic heterocycles. The Labute approximate surface area is 576 Å². The number of carbonyl (C=O) groups is 4. The number of unbranched alkanes of at least 4 members (excludes halogenated alkanes) is 24. The molecular weight excluding hydrogens is 1200 g/mol. The van der Waals surface area contributed by atoms with Crippen molar-refractivity contribution in [2.75, 3.05) is 63.8 Å². The molecule has 0 saturated carbocycles. The van der Waals surface area contributed by atoms with Crippen molar-refractivity contribution in [2.45, 2.75) is 275 Å². The van der Waals surface area contributed by atoms with Gasteiger partial charge in [0.15, 0.2) is 34.6 Å². The van der Waals surface area contributed by atoms with Crippen molar-refractivity contribution >= 4 is 58.0 Å². The SMILES string of the molecule is CCCCCCN(CCCCCC)C(=O)c1ccc(C(=O)N(CCCCCC)CCCCCC)c(/N=N/c2c(C)nn(-c3cc(-n4nc(C)c(/N=N/c5cc(C(=O)N(CCCCCC)CCCCCC)ccc5C(=O)N(CCCCCC)CCCCCC)c4N)ncn3)c2N)c1. The molecule has 20 heteroatoms. The molecule has 0 bridgehead atoms. The smallest absolute Gasteiger partial charge is 0.256 e. The van der Waals surface area contributed by atoms with Crippen LogP contribution in [-0.4, -0.2) is 125 Å². The van der Waals surface area contributed by atoms with Crippen LogP contribution in [0.5, 0.6) is 0 Å². The van der Waals surface area contributed by atoms with E-state index in [0.29, 0.717) is 86.0 Å². The summed E-state index contributed by atoms with van der Waals surface area (Å²) in [5.41, 5.74) is 17.5. The number of anilines is 2. The highest BCUT2D eigenvalue weighted by atomic mass is 16.2. The first kappa shape index (κ1) is 79.3. The molecule has 96 heavy (non-hydrogen) atoms. The molecule has 2 aromatic carbocycles. The molecule has 0 fully saturated rings. The van der Waals surface area contributed by atoms with Crippen molar-refractivity contribution in [3.8, 4) is 11.6 Å². The van der Waals surface area contributed by atoms with Gasteiger partial charge in [-0.15, -0.1) is 20.5 Å². The lowest BCUT2D eigenvalue weighted by molar-refractivity contribution is 0.0738. The zero-order valence-corrected chi connectivity index (χ0v) is 61.0. The van der Waals surface area contributed by atoms with Gasteiger partial charge in [-0.25, -0.2) is 9.97 Å². The third kappa shape index (κ3) is 25.2. The van der Waals surface area contributed by atoms with Crippen LogP contribution in [0, 0.1) is 13.8 Å². The number of carbonyl (C=O) groups excluding carboxylic acids is 4. The van der Waals surface area contributed by atoms with E-state index in [-0.39, 0.29) is 69.6 Å². The Kier molecular flexibility index (Phi) is 37.3. The van der Waals surface area contributed by atoms with Crippen LogP contribution in [0.3, 0.4) is 0 Å². The summed E-state index contributed by atoms with van der Waals surface area (Å²) in [6.45, 7) is 26.1. The number of azo groups is 2. The highest BCUT2D eigenvalue weighted by Gasteiger charge is 2.27. The van der Waals surface area contributed by atoms with E-state index in [1.807, 2.05) is 19.6 Å². The molecule has 4 amide bonds. The summed E-state index contributed by atoms with van der Waals surface area (Å²) in [5.74, 6) is 0.340. The van der Waals surface area contributed by atoms with Gasteiger partial charge in [0.1, 0.15) is 6.33 Å². The number of aromatic nitrogens is 6. The molecule has 3 aromatic heterocycles. The lowest BCUT2D eigenvalue weighted by Gasteiger charge is -2.25. The van der Waals surface area contributed by atoms with Gasteiger partial charge in [0.2, 0.25) is 0 Å². The Morgan fingerprint density at radius 3 is 0.875 bits per heavy atom. The number of benzene rings is 2. The molecule has 0 aliphatic rings. The number of nitrogen functional groups attached to an aromatic ring is 2. The second-order valence-corrected chi connectivity index (χ2v) is 26.2. The lowest BCUT2D eigenvalue weighted by Crippen LogP contribution is -2.34. The Balaban J connectivity index is 1.56. The Bertz CT molecular complexity index is 2920. The zero-order valence-electron chi connectivity index (χ0n) is 61.0. The van der Waals surface area contributed by atoms with Crippen molar-refractivity contribution in [3.05, 3.63) is 82.4 Å². The van der Waals surface area contributed by atoms with Crippen LogP contribution < -0.4 is 11.5 Å². The van der Waals surface area contributed by atoms with Crippen molar-refractivity contribution in [2.24, 2.45) is 20.5 Å². The van der Waals surface area contributed by atoms with Crippen molar-refractivity contribution in [1.29, 1.82) is 0 Å². The number of aryl methyl sites for hydroxylation is 2. The maximum Gasteiger partial charge on any atom is 0.256 e. The first-order valence-electron chi connectivity index (χ1n) is 37.5. The van der Waals surface area contributed by atoms with Gasteiger partial charge < -0.3 is 31.1 Å². The van der Waals surface area contributed by atoms with E-state index in [1.54, 1.807) is 56.3 Å². The summed E-state index contributed by atoms with van der Waals surface area (Å²) >= 11 is 0. The van der Waals surface area contributed by atoms with Crippen LogP contribution in [0.1, 0.15) is 314 Å². The van der Waals surface area contributed by atoms with Gasteiger partial charge in [0.05, 0.1) is 33.9 Å². The highest BCUT2D eigenvalue weighted by Crippen LogP contribution is 2.35. The first-order valence-corrected chi connectivity index (χ1v) is 37.5.